The van der Waals surface area contributed by atoms with Crippen molar-refractivity contribution in [3.05, 3.63) is 18.2 Å². The molecule has 2 nitrogen and oxygen atoms in total. The quantitative estimate of drug-likeness (QED) is 0.101. The van der Waals surface area contributed by atoms with Gasteiger partial charge in [-0.2, -0.15) is 0 Å². The molecule has 0 spiro atoms. The van der Waals surface area contributed by atoms with E-state index in [0.29, 0.717) is 0 Å². The first kappa shape index (κ1) is 30.2. The van der Waals surface area contributed by atoms with E-state index in [1.165, 1.54) is 160 Å². The van der Waals surface area contributed by atoms with E-state index in [4.69, 9.17) is 0 Å². The summed E-state index contributed by atoms with van der Waals surface area (Å²) >= 11 is 0. The van der Waals surface area contributed by atoms with Gasteiger partial charge >= 0.3 is 0 Å². The highest BCUT2D eigenvalue weighted by molar-refractivity contribution is 4.83. The minimum absolute atomic E-state index is 1.16. The van der Waals surface area contributed by atoms with Crippen molar-refractivity contribution < 1.29 is 4.57 Å². The Morgan fingerprint density at radius 3 is 1.33 bits per heavy atom. The lowest BCUT2D eigenvalue weighted by molar-refractivity contribution is -0.704. The second kappa shape index (κ2) is 23.0. The van der Waals surface area contributed by atoms with Crippen LogP contribution in [-0.4, -0.2) is 4.57 Å². The van der Waals surface area contributed by atoms with Gasteiger partial charge in [0.05, 0.1) is 13.1 Å². The van der Waals surface area contributed by atoms with Crippen molar-refractivity contribution in [2.24, 2.45) is 0 Å². The van der Waals surface area contributed by atoms with E-state index in [2.05, 4.69) is 42.3 Å². The second-order valence-electron chi connectivity index (χ2n) is 10.5. The summed E-state index contributed by atoms with van der Waals surface area (Å²) in [6.45, 7) is 9.35. The number of aryl methyl sites for hydroxylation is 2. The maximum atomic E-state index is 2.53. The highest BCUT2D eigenvalue weighted by Crippen LogP contribution is 2.13. The van der Waals surface area contributed by atoms with Crippen LogP contribution >= 0.6 is 0 Å². The SMILES string of the molecule is CCCCCCCCCCCCCCCn1cc[n+](CCCCCCCCCCC)c1CC. The number of aromatic nitrogens is 2. The van der Waals surface area contributed by atoms with E-state index >= 15 is 0 Å². The third-order valence-corrected chi connectivity index (χ3v) is 7.41. The molecule has 0 amide bonds. The first-order chi connectivity index (χ1) is 16.3. The van der Waals surface area contributed by atoms with Crippen molar-refractivity contribution in [3.8, 4) is 0 Å². The zero-order valence-electron chi connectivity index (χ0n) is 23.2. The fourth-order valence-electron chi connectivity index (χ4n) is 5.20. The molecule has 0 aliphatic rings. The average molecular weight is 462 g/mol. The van der Waals surface area contributed by atoms with E-state index < -0.39 is 0 Å². The molecule has 0 aromatic carbocycles. The average Bonchev–Trinajstić information content (AvgIpc) is 3.22. The van der Waals surface area contributed by atoms with Crippen LogP contribution in [0.25, 0.3) is 0 Å². The molecule has 0 aliphatic heterocycles. The van der Waals surface area contributed by atoms with Gasteiger partial charge < -0.3 is 0 Å². The molecule has 0 saturated heterocycles. The molecule has 33 heavy (non-hydrogen) atoms. The van der Waals surface area contributed by atoms with Gasteiger partial charge in [-0.3, -0.25) is 0 Å². The Hall–Kier alpha value is -0.790. The van der Waals surface area contributed by atoms with Crippen molar-refractivity contribution in [3.63, 3.8) is 0 Å². The minimum atomic E-state index is 1.16. The lowest BCUT2D eigenvalue weighted by atomic mass is 10.0. The van der Waals surface area contributed by atoms with Crippen LogP contribution in [0.2, 0.25) is 0 Å². The molecule has 1 rings (SSSR count). The molecular weight excluding hydrogens is 400 g/mol. The number of unbranched alkanes of at least 4 members (excludes halogenated alkanes) is 20. The summed E-state index contributed by atoms with van der Waals surface area (Å²) in [5.41, 5.74) is 0. The van der Waals surface area contributed by atoms with Gasteiger partial charge in [-0.25, -0.2) is 9.13 Å². The van der Waals surface area contributed by atoms with Crippen LogP contribution in [-0.2, 0) is 19.5 Å². The molecule has 0 radical (unpaired) electrons. The molecule has 0 atom stereocenters. The van der Waals surface area contributed by atoms with Crippen LogP contribution in [0.5, 0.6) is 0 Å². The Morgan fingerprint density at radius 2 is 0.909 bits per heavy atom. The highest BCUT2D eigenvalue weighted by Gasteiger charge is 2.14. The number of nitrogens with zero attached hydrogens (tertiary/aromatic N) is 2. The lowest BCUT2D eigenvalue weighted by Gasteiger charge is -2.05. The zero-order valence-corrected chi connectivity index (χ0v) is 23.2. The fourth-order valence-corrected chi connectivity index (χ4v) is 5.20. The molecule has 0 N–H and O–H groups in total. The Labute approximate surface area is 208 Å². The molecule has 0 bridgehead atoms. The van der Waals surface area contributed by atoms with E-state index in [0.717, 1.165) is 6.42 Å². The van der Waals surface area contributed by atoms with Gasteiger partial charge in [-0.15, -0.1) is 0 Å². The van der Waals surface area contributed by atoms with Crippen LogP contribution in [0.1, 0.15) is 168 Å². The first-order valence-corrected chi connectivity index (χ1v) is 15.4. The summed E-state index contributed by atoms with van der Waals surface area (Å²) in [5.74, 6) is 1.54. The number of rotatable bonds is 25. The Balaban J connectivity index is 2.01. The molecule has 0 aliphatic carbocycles. The monoisotopic (exact) mass is 461 g/mol. The molecule has 1 heterocycles. The third-order valence-electron chi connectivity index (χ3n) is 7.41. The fraction of sp³-hybridized carbons (Fsp3) is 0.903. The van der Waals surface area contributed by atoms with E-state index in [-0.39, 0.29) is 0 Å². The van der Waals surface area contributed by atoms with E-state index in [9.17, 15) is 0 Å². The molecule has 0 saturated carbocycles. The topological polar surface area (TPSA) is 8.81 Å². The first-order valence-electron chi connectivity index (χ1n) is 15.4. The molecular formula is C31H61N2+. The van der Waals surface area contributed by atoms with E-state index in [1.807, 2.05) is 0 Å². The largest absolute Gasteiger partial charge is 0.256 e. The smallest absolute Gasteiger partial charge is 0.234 e. The summed E-state index contributed by atoms with van der Waals surface area (Å²) in [7, 11) is 0. The van der Waals surface area contributed by atoms with Gasteiger partial charge in [0.1, 0.15) is 12.4 Å². The molecule has 0 unspecified atom stereocenters. The van der Waals surface area contributed by atoms with Gasteiger partial charge in [0.2, 0.25) is 0 Å². The van der Waals surface area contributed by atoms with Gasteiger partial charge in [0.15, 0.2) is 0 Å². The maximum Gasteiger partial charge on any atom is 0.256 e. The van der Waals surface area contributed by atoms with Crippen LogP contribution in [0, 0.1) is 0 Å². The van der Waals surface area contributed by atoms with Crippen molar-refractivity contribution in [2.75, 3.05) is 0 Å². The third kappa shape index (κ3) is 16.5. The summed E-state index contributed by atoms with van der Waals surface area (Å²) in [6.07, 6.45) is 37.2. The summed E-state index contributed by atoms with van der Waals surface area (Å²) in [5, 5.41) is 0. The molecule has 2 heteroatoms. The summed E-state index contributed by atoms with van der Waals surface area (Å²) in [4.78, 5) is 0. The highest BCUT2D eigenvalue weighted by atomic mass is 15.1. The summed E-state index contributed by atoms with van der Waals surface area (Å²) in [6, 6.07) is 0. The van der Waals surface area contributed by atoms with Gasteiger partial charge in [0.25, 0.3) is 5.82 Å². The Bertz CT molecular complexity index is 519. The van der Waals surface area contributed by atoms with Gasteiger partial charge in [-0.05, 0) is 25.7 Å². The van der Waals surface area contributed by atoms with Crippen LogP contribution in [0.3, 0.4) is 0 Å². The lowest BCUT2D eigenvalue weighted by Crippen LogP contribution is -2.37. The molecule has 1 aromatic heterocycles. The Morgan fingerprint density at radius 1 is 0.515 bits per heavy atom. The second-order valence-corrected chi connectivity index (χ2v) is 10.5. The number of imidazole rings is 1. The number of hydrogen-bond acceptors (Lipinski definition) is 0. The van der Waals surface area contributed by atoms with Gasteiger partial charge in [0, 0.05) is 6.42 Å². The van der Waals surface area contributed by atoms with Crippen LogP contribution in [0.15, 0.2) is 12.4 Å². The zero-order chi connectivity index (χ0) is 23.8. The summed E-state index contributed by atoms with van der Waals surface area (Å²) < 4.78 is 5.07. The molecule has 0 fully saturated rings. The molecule has 194 valence electrons. The molecule has 1 aromatic rings. The van der Waals surface area contributed by atoms with Crippen molar-refractivity contribution >= 4 is 0 Å². The number of hydrogen-bond donors (Lipinski definition) is 0. The van der Waals surface area contributed by atoms with Crippen LogP contribution < -0.4 is 4.57 Å². The van der Waals surface area contributed by atoms with Crippen molar-refractivity contribution in [1.29, 1.82) is 0 Å². The standard InChI is InChI=1S/C31H61N2/c1-4-7-9-11-13-15-16-17-18-20-22-24-26-28-33-30-29-32(31(33)6-3)27-25-23-21-19-14-12-10-8-5-2/h29-30H,4-28H2,1-3H3/q+1. The van der Waals surface area contributed by atoms with Crippen molar-refractivity contribution in [2.45, 2.75) is 182 Å². The maximum absolute atomic E-state index is 2.53. The Kier molecular flexibility index (Phi) is 21.1. The predicted octanol–water partition coefficient (Wildman–Crippen LogP) is 9.96. The van der Waals surface area contributed by atoms with E-state index in [1.54, 1.807) is 0 Å². The van der Waals surface area contributed by atoms with Crippen molar-refractivity contribution in [1.82, 2.24) is 4.57 Å². The predicted molar refractivity (Wildman–Crippen MR) is 147 cm³/mol. The normalized spacial score (nSPS) is 11.5. The minimum Gasteiger partial charge on any atom is -0.234 e. The van der Waals surface area contributed by atoms with Crippen LogP contribution in [0.4, 0.5) is 0 Å². The van der Waals surface area contributed by atoms with Gasteiger partial charge in [-0.1, -0.05) is 136 Å².